The molecule has 0 bridgehead atoms. The van der Waals surface area contributed by atoms with Crippen LogP contribution in [0.1, 0.15) is 35.6 Å². The monoisotopic (exact) mass is 424 g/mol. The second-order valence-corrected chi connectivity index (χ2v) is 7.66. The molecule has 0 atom stereocenters. The summed E-state index contributed by atoms with van der Waals surface area (Å²) in [6.07, 6.45) is 0. The number of nitrogens with one attached hydrogen (secondary N) is 1. The summed E-state index contributed by atoms with van der Waals surface area (Å²) in [5, 5.41) is 11.9. The van der Waals surface area contributed by atoms with Crippen LogP contribution in [0.15, 0.2) is 53.7 Å². The summed E-state index contributed by atoms with van der Waals surface area (Å²) >= 11 is 1.31. The van der Waals surface area contributed by atoms with E-state index in [0.717, 1.165) is 5.75 Å². The number of anilines is 1. The third-order valence-corrected chi connectivity index (χ3v) is 5.35. The second-order valence-electron chi connectivity index (χ2n) is 6.72. The molecule has 7 nitrogen and oxygen atoms in total. The molecule has 1 heterocycles. The summed E-state index contributed by atoms with van der Waals surface area (Å²) in [6, 6.07) is 14.7. The lowest BCUT2D eigenvalue weighted by molar-refractivity contribution is -0.113. The van der Waals surface area contributed by atoms with Gasteiger partial charge in [-0.25, -0.2) is 0 Å². The minimum Gasteiger partial charge on any atom is -0.486 e. The number of amides is 1. The van der Waals surface area contributed by atoms with Crippen LogP contribution in [0, 0.1) is 6.92 Å². The lowest BCUT2D eigenvalue weighted by Crippen LogP contribution is -2.15. The number of hydrogen-bond donors (Lipinski definition) is 1. The lowest BCUT2D eigenvalue weighted by atomic mass is 10.1. The first-order valence-electron chi connectivity index (χ1n) is 9.61. The summed E-state index contributed by atoms with van der Waals surface area (Å²) in [6.45, 7) is 6.49. The molecule has 0 aliphatic carbocycles. The highest BCUT2D eigenvalue weighted by Crippen LogP contribution is 2.20. The van der Waals surface area contributed by atoms with Crippen molar-refractivity contribution in [2.75, 3.05) is 11.1 Å². The van der Waals surface area contributed by atoms with Crippen molar-refractivity contribution in [3.05, 3.63) is 65.5 Å². The van der Waals surface area contributed by atoms with Gasteiger partial charge in [0.1, 0.15) is 12.4 Å². The molecule has 1 N–H and O–H groups in total. The minimum atomic E-state index is -0.177. The van der Waals surface area contributed by atoms with Gasteiger partial charge >= 0.3 is 0 Å². The molecule has 3 rings (SSSR count). The number of thioether (sulfide) groups is 1. The molecular weight excluding hydrogens is 400 g/mol. The van der Waals surface area contributed by atoms with Crippen molar-refractivity contribution in [3.63, 3.8) is 0 Å². The fourth-order valence-corrected chi connectivity index (χ4v) is 3.60. The van der Waals surface area contributed by atoms with Gasteiger partial charge in [0.05, 0.1) is 5.75 Å². The minimum absolute atomic E-state index is 0.0445. The fraction of sp³-hybridized carbons (Fsp3) is 0.273. The van der Waals surface area contributed by atoms with Crippen LogP contribution in [0.3, 0.4) is 0 Å². The Labute approximate surface area is 179 Å². The number of rotatable bonds is 9. The average Bonchev–Trinajstić information content (AvgIpc) is 3.14. The second kappa shape index (κ2) is 10.1. The van der Waals surface area contributed by atoms with Gasteiger partial charge in [-0.15, -0.1) is 10.2 Å². The van der Waals surface area contributed by atoms with Crippen molar-refractivity contribution in [1.29, 1.82) is 0 Å². The van der Waals surface area contributed by atoms with Crippen LogP contribution < -0.4 is 10.1 Å². The van der Waals surface area contributed by atoms with Crippen LogP contribution >= 0.6 is 11.8 Å². The summed E-state index contributed by atoms with van der Waals surface area (Å²) in [7, 11) is 0. The summed E-state index contributed by atoms with van der Waals surface area (Å²) in [5.74, 6) is 1.44. The van der Waals surface area contributed by atoms with Crippen molar-refractivity contribution < 1.29 is 14.3 Å². The molecule has 0 saturated carbocycles. The first-order valence-corrected chi connectivity index (χ1v) is 10.6. The van der Waals surface area contributed by atoms with E-state index in [0.29, 0.717) is 35.4 Å². The molecule has 3 aromatic rings. The van der Waals surface area contributed by atoms with Crippen molar-refractivity contribution in [1.82, 2.24) is 14.8 Å². The van der Waals surface area contributed by atoms with E-state index in [-0.39, 0.29) is 17.4 Å². The van der Waals surface area contributed by atoms with Crippen molar-refractivity contribution in [2.45, 2.75) is 39.1 Å². The van der Waals surface area contributed by atoms with E-state index in [1.807, 2.05) is 42.7 Å². The van der Waals surface area contributed by atoms with Crippen molar-refractivity contribution >= 4 is 29.1 Å². The molecule has 0 aliphatic rings. The molecule has 2 aromatic carbocycles. The van der Waals surface area contributed by atoms with E-state index in [2.05, 4.69) is 15.5 Å². The number of aromatic nitrogens is 3. The molecule has 8 heteroatoms. The largest absolute Gasteiger partial charge is 0.486 e. The predicted molar refractivity (Wildman–Crippen MR) is 117 cm³/mol. The number of carbonyl (C=O) groups is 2. The number of benzene rings is 2. The predicted octanol–water partition coefficient (Wildman–Crippen LogP) is 4.12. The zero-order valence-corrected chi connectivity index (χ0v) is 18.0. The SMILES string of the molecule is CCn1c(COc2ccc(C)cc2)nnc1SCC(=O)Nc1cccc(C(C)=O)c1. The molecule has 1 amide bonds. The number of Topliss-reactive ketones (excluding diaryl/α,β-unsaturated/α-hetero) is 1. The van der Waals surface area contributed by atoms with Crippen molar-refractivity contribution in [2.24, 2.45) is 0 Å². The summed E-state index contributed by atoms with van der Waals surface area (Å²) in [4.78, 5) is 23.8. The fourth-order valence-electron chi connectivity index (χ4n) is 2.78. The van der Waals surface area contributed by atoms with Gasteiger partial charge in [0, 0.05) is 17.8 Å². The number of aryl methyl sites for hydroxylation is 1. The molecule has 156 valence electrons. The highest BCUT2D eigenvalue weighted by molar-refractivity contribution is 7.99. The Bertz CT molecular complexity index is 1030. The van der Waals surface area contributed by atoms with Crippen LogP contribution in [-0.2, 0) is 17.9 Å². The Hall–Kier alpha value is -3.13. The van der Waals surface area contributed by atoms with Gasteiger partial charge < -0.3 is 14.6 Å². The van der Waals surface area contributed by atoms with Crippen LogP contribution in [0.2, 0.25) is 0 Å². The van der Waals surface area contributed by atoms with Crippen LogP contribution in [-0.4, -0.2) is 32.2 Å². The van der Waals surface area contributed by atoms with Gasteiger partial charge in [0.2, 0.25) is 5.91 Å². The number of ether oxygens (including phenoxy) is 1. The molecule has 0 saturated heterocycles. The summed E-state index contributed by atoms with van der Waals surface area (Å²) in [5.41, 5.74) is 2.32. The number of hydrogen-bond acceptors (Lipinski definition) is 6. The zero-order valence-electron chi connectivity index (χ0n) is 17.2. The van der Waals surface area contributed by atoms with Crippen LogP contribution in [0.25, 0.3) is 0 Å². The van der Waals surface area contributed by atoms with E-state index in [1.165, 1.54) is 24.2 Å². The Balaban J connectivity index is 1.57. The first-order chi connectivity index (χ1) is 14.5. The van der Waals surface area contributed by atoms with E-state index < -0.39 is 0 Å². The zero-order chi connectivity index (χ0) is 21.5. The normalized spacial score (nSPS) is 10.6. The van der Waals surface area contributed by atoms with Gasteiger partial charge in [-0.05, 0) is 45.0 Å². The summed E-state index contributed by atoms with van der Waals surface area (Å²) < 4.78 is 7.73. The number of carbonyl (C=O) groups excluding carboxylic acids is 2. The van der Waals surface area contributed by atoms with Gasteiger partial charge in [0.15, 0.2) is 16.8 Å². The molecule has 30 heavy (non-hydrogen) atoms. The van der Waals surface area contributed by atoms with E-state index in [4.69, 9.17) is 4.74 Å². The molecule has 0 unspecified atom stereocenters. The molecule has 0 fully saturated rings. The molecule has 1 aromatic heterocycles. The first kappa shape index (κ1) is 21.6. The van der Waals surface area contributed by atoms with Gasteiger partial charge in [-0.3, -0.25) is 9.59 Å². The Morgan fingerprint density at radius 2 is 1.90 bits per heavy atom. The third kappa shape index (κ3) is 5.70. The third-order valence-electron chi connectivity index (χ3n) is 4.38. The molecule has 0 aliphatic heterocycles. The maximum atomic E-state index is 12.3. The molecule has 0 radical (unpaired) electrons. The van der Waals surface area contributed by atoms with Gasteiger partial charge in [-0.1, -0.05) is 41.6 Å². The van der Waals surface area contributed by atoms with Gasteiger partial charge in [0.25, 0.3) is 0 Å². The van der Waals surface area contributed by atoms with E-state index in [9.17, 15) is 9.59 Å². The average molecular weight is 425 g/mol. The Morgan fingerprint density at radius 3 is 2.60 bits per heavy atom. The molecular formula is C22H24N4O3S. The van der Waals surface area contributed by atoms with Crippen molar-refractivity contribution in [3.8, 4) is 5.75 Å². The quantitative estimate of drug-likeness (QED) is 0.411. The van der Waals surface area contributed by atoms with Crippen LogP contribution in [0.5, 0.6) is 5.75 Å². The number of ketones is 1. The maximum absolute atomic E-state index is 12.3. The van der Waals surface area contributed by atoms with Gasteiger partial charge in [-0.2, -0.15) is 0 Å². The van der Waals surface area contributed by atoms with E-state index >= 15 is 0 Å². The Morgan fingerprint density at radius 1 is 1.13 bits per heavy atom. The standard InChI is InChI=1S/C22H24N4O3S/c1-4-26-20(13-29-19-10-8-15(2)9-11-19)24-25-22(26)30-14-21(28)23-18-7-5-6-17(12-18)16(3)27/h5-12H,4,13-14H2,1-3H3,(H,23,28). The topological polar surface area (TPSA) is 86.1 Å². The van der Waals surface area contributed by atoms with Crippen LogP contribution in [0.4, 0.5) is 5.69 Å². The van der Waals surface area contributed by atoms with E-state index in [1.54, 1.807) is 24.3 Å². The Kier molecular flexibility index (Phi) is 7.24. The smallest absolute Gasteiger partial charge is 0.234 e. The highest BCUT2D eigenvalue weighted by atomic mass is 32.2. The maximum Gasteiger partial charge on any atom is 0.234 e. The molecule has 0 spiro atoms. The highest BCUT2D eigenvalue weighted by Gasteiger charge is 2.14. The number of nitrogens with zero attached hydrogens (tertiary/aromatic N) is 3. The lowest BCUT2D eigenvalue weighted by Gasteiger charge is -2.09.